The summed E-state index contributed by atoms with van der Waals surface area (Å²) in [7, 11) is 1.58. The number of carbonyl (C=O) groups is 2. The van der Waals surface area contributed by atoms with Gasteiger partial charge in [0, 0.05) is 18.0 Å². The minimum Gasteiger partial charge on any atom is -0.497 e. The van der Waals surface area contributed by atoms with Gasteiger partial charge in [0.2, 0.25) is 0 Å². The number of hydrogen-bond donors (Lipinski definition) is 1. The average molecular weight is 332 g/mol. The van der Waals surface area contributed by atoms with E-state index in [-0.39, 0.29) is 11.8 Å². The van der Waals surface area contributed by atoms with Crippen molar-refractivity contribution in [2.75, 3.05) is 7.11 Å². The molecule has 2 atom stereocenters. The van der Waals surface area contributed by atoms with Gasteiger partial charge in [-0.1, -0.05) is 12.1 Å². The number of rotatable bonds is 4. The fraction of sp³-hybridized carbons (Fsp3) is 0.188. The maximum absolute atomic E-state index is 12.2. The zero-order valence-corrected chi connectivity index (χ0v) is 13.0. The Morgan fingerprint density at radius 3 is 2.48 bits per heavy atom. The summed E-state index contributed by atoms with van der Waals surface area (Å²) in [4.78, 5) is 28.0. The van der Waals surface area contributed by atoms with Crippen LogP contribution in [0.15, 0.2) is 48.8 Å². The van der Waals surface area contributed by atoms with Crippen LogP contribution in [0.2, 0.25) is 0 Å². The maximum Gasteiger partial charge on any atom is 0.270 e. The van der Waals surface area contributed by atoms with Crippen LogP contribution in [0, 0.1) is 0 Å². The van der Waals surface area contributed by atoms with Crippen molar-refractivity contribution >= 4 is 23.4 Å². The molecule has 2 amide bonds. The maximum atomic E-state index is 12.2. The first-order chi connectivity index (χ1) is 11.1. The average Bonchev–Trinajstić information content (AvgIpc) is 2.62. The van der Waals surface area contributed by atoms with Crippen molar-refractivity contribution in [3.8, 4) is 5.75 Å². The predicted molar refractivity (Wildman–Crippen MR) is 83.9 cm³/mol. The van der Waals surface area contributed by atoms with E-state index in [2.05, 4.69) is 10.4 Å². The van der Waals surface area contributed by atoms with Gasteiger partial charge in [-0.15, -0.1) is 11.6 Å². The molecule has 1 fully saturated rings. The summed E-state index contributed by atoms with van der Waals surface area (Å²) in [5.74, 6) is -0.0180. The van der Waals surface area contributed by atoms with Crippen LogP contribution in [0.1, 0.15) is 22.0 Å². The van der Waals surface area contributed by atoms with Gasteiger partial charge < -0.3 is 4.74 Å². The van der Waals surface area contributed by atoms with E-state index in [1.165, 1.54) is 17.4 Å². The third kappa shape index (κ3) is 2.85. The molecule has 23 heavy (non-hydrogen) atoms. The smallest absolute Gasteiger partial charge is 0.270 e. The molecule has 1 N–H and O–H groups in total. The van der Waals surface area contributed by atoms with Gasteiger partial charge in [0.25, 0.3) is 11.8 Å². The normalized spacial score (nSPS) is 19.9. The van der Waals surface area contributed by atoms with E-state index in [1.54, 1.807) is 31.4 Å². The summed E-state index contributed by atoms with van der Waals surface area (Å²) < 4.78 is 5.11. The van der Waals surface area contributed by atoms with E-state index in [1.807, 2.05) is 12.1 Å². The van der Waals surface area contributed by atoms with E-state index >= 15 is 0 Å². The molecule has 0 radical (unpaired) electrons. The lowest BCUT2D eigenvalue weighted by molar-refractivity contribution is -0.149. The lowest BCUT2D eigenvalue weighted by Crippen LogP contribution is -2.63. The number of carbonyl (C=O) groups excluding carboxylic acids is 2. The number of nitrogens with zero attached hydrogens (tertiary/aromatic N) is 2. The second kappa shape index (κ2) is 6.26. The van der Waals surface area contributed by atoms with Gasteiger partial charge in [0.05, 0.1) is 7.11 Å². The Balaban J connectivity index is 1.77. The van der Waals surface area contributed by atoms with Crippen molar-refractivity contribution < 1.29 is 14.3 Å². The lowest BCUT2D eigenvalue weighted by Gasteiger charge is -2.43. The fourth-order valence-electron chi connectivity index (χ4n) is 2.37. The first-order valence-electron chi connectivity index (χ1n) is 6.94. The molecule has 118 valence electrons. The molecule has 2 heterocycles. The Labute approximate surface area is 138 Å². The number of ether oxygens (including phenoxy) is 1. The van der Waals surface area contributed by atoms with E-state index < -0.39 is 11.4 Å². The summed E-state index contributed by atoms with van der Waals surface area (Å²) in [6, 6.07) is 9.92. The largest absolute Gasteiger partial charge is 0.497 e. The number of β-lactam (4-membered cyclic amide) rings is 1. The Hall–Kier alpha value is -2.60. The molecule has 7 heteroatoms. The number of methoxy groups -OCH3 is 1. The van der Waals surface area contributed by atoms with Crippen molar-refractivity contribution in [3.63, 3.8) is 0 Å². The second-order valence-corrected chi connectivity index (χ2v) is 5.48. The topological polar surface area (TPSA) is 71.5 Å². The molecule has 1 saturated heterocycles. The standard InChI is InChI=1S/C16H14ClN3O3/c1-23-12-4-2-10(3-5-12)14-13(17)16(22)20(14)19-15(21)11-6-8-18-9-7-11/h2-9,13-14H,1H3,(H,19,21). The van der Waals surface area contributed by atoms with Crippen molar-refractivity contribution in [1.82, 2.24) is 15.4 Å². The zero-order valence-electron chi connectivity index (χ0n) is 12.3. The Bertz CT molecular complexity index is 721. The molecule has 1 aliphatic rings. The molecule has 1 aromatic carbocycles. The van der Waals surface area contributed by atoms with Gasteiger partial charge >= 0.3 is 0 Å². The van der Waals surface area contributed by atoms with Gasteiger partial charge in [-0.3, -0.25) is 20.0 Å². The first-order valence-corrected chi connectivity index (χ1v) is 7.37. The monoisotopic (exact) mass is 331 g/mol. The molecule has 1 aromatic heterocycles. The van der Waals surface area contributed by atoms with Gasteiger partial charge in [0.15, 0.2) is 0 Å². The Morgan fingerprint density at radius 2 is 1.87 bits per heavy atom. The molecular formula is C16H14ClN3O3. The van der Waals surface area contributed by atoms with Crippen LogP contribution in [-0.4, -0.2) is 34.3 Å². The number of aromatic nitrogens is 1. The van der Waals surface area contributed by atoms with E-state index in [9.17, 15) is 9.59 Å². The summed E-state index contributed by atoms with van der Waals surface area (Å²) in [6.07, 6.45) is 3.02. The van der Waals surface area contributed by atoms with E-state index in [0.29, 0.717) is 11.3 Å². The summed E-state index contributed by atoms with van der Waals surface area (Å²) in [6.45, 7) is 0. The molecular weight excluding hydrogens is 318 g/mol. The molecule has 3 rings (SSSR count). The molecule has 0 spiro atoms. The highest BCUT2D eigenvalue weighted by molar-refractivity contribution is 6.33. The molecule has 0 bridgehead atoms. The summed E-state index contributed by atoms with van der Waals surface area (Å²) >= 11 is 6.11. The number of pyridine rings is 1. The lowest BCUT2D eigenvalue weighted by atomic mass is 9.95. The summed E-state index contributed by atoms with van der Waals surface area (Å²) in [5.41, 5.74) is 3.83. The summed E-state index contributed by atoms with van der Waals surface area (Å²) in [5, 5.41) is 0.545. The fourth-order valence-corrected chi connectivity index (χ4v) is 2.74. The van der Waals surface area contributed by atoms with Crippen molar-refractivity contribution in [2.24, 2.45) is 0 Å². The minimum atomic E-state index is -0.707. The van der Waals surface area contributed by atoms with Crippen molar-refractivity contribution in [1.29, 1.82) is 0 Å². The van der Waals surface area contributed by atoms with Gasteiger partial charge in [-0.05, 0) is 29.8 Å². The highest BCUT2D eigenvalue weighted by Gasteiger charge is 2.48. The van der Waals surface area contributed by atoms with Crippen molar-refractivity contribution in [2.45, 2.75) is 11.4 Å². The molecule has 6 nitrogen and oxygen atoms in total. The zero-order chi connectivity index (χ0) is 16.4. The molecule has 2 unspecified atom stereocenters. The van der Waals surface area contributed by atoms with Crippen LogP contribution in [0.5, 0.6) is 5.75 Å². The number of nitrogens with one attached hydrogen (secondary N) is 1. The molecule has 1 aliphatic heterocycles. The quantitative estimate of drug-likeness (QED) is 0.686. The second-order valence-electron chi connectivity index (χ2n) is 5.00. The number of hydrogen-bond acceptors (Lipinski definition) is 4. The number of alkyl halides is 1. The Morgan fingerprint density at radius 1 is 1.22 bits per heavy atom. The predicted octanol–water partition coefficient (Wildman–Crippen LogP) is 1.93. The molecule has 2 aromatic rings. The number of hydrazine groups is 1. The van der Waals surface area contributed by atoms with Crippen LogP contribution >= 0.6 is 11.6 Å². The first kappa shape index (κ1) is 15.3. The Kier molecular flexibility index (Phi) is 4.16. The van der Waals surface area contributed by atoms with Gasteiger partial charge in [0.1, 0.15) is 17.2 Å². The van der Waals surface area contributed by atoms with Crippen LogP contribution in [0.25, 0.3) is 0 Å². The highest BCUT2D eigenvalue weighted by atomic mass is 35.5. The van der Waals surface area contributed by atoms with Gasteiger partial charge in [-0.2, -0.15) is 0 Å². The van der Waals surface area contributed by atoms with Crippen LogP contribution < -0.4 is 10.2 Å². The van der Waals surface area contributed by atoms with Crippen molar-refractivity contribution in [3.05, 3.63) is 59.9 Å². The third-order valence-corrected chi connectivity index (χ3v) is 4.08. The van der Waals surface area contributed by atoms with Crippen LogP contribution in [0.3, 0.4) is 0 Å². The highest BCUT2D eigenvalue weighted by Crippen LogP contribution is 2.37. The van der Waals surface area contributed by atoms with Crippen LogP contribution in [0.4, 0.5) is 0 Å². The SMILES string of the molecule is COc1ccc(C2C(Cl)C(=O)N2NC(=O)c2ccncc2)cc1. The molecule has 0 saturated carbocycles. The number of benzene rings is 1. The van der Waals surface area contributed by atoms with E-state index in [0.717, 1.165) is 5.56 Å². The number of amides is 2. The van der Waals surface area contributed by atoms with E-state index in [4.69, 9.17) is 16.3 Å². The third-order valence-electron chi connectivity index (χ3n) is 3.65. The van der Waals surface area contributed by atoms with Crippen LogP contribution in [-0.2, 0) is 4.79 Å². The minimum absolute atomic E-state index is 0.338. The molecule has 0 aliphatic carbocycles. The van der Waals surface area contributed by atoms with Gasteiger partial charge in [-0.25, -0.2) is 5.01 Å². The number of halogens is 1.